The Hall–Kier alpha value is -6.76. The summed E-state index contributed by atoms with van der Waals surface area (Å²) in [6.07, 6.45) is 0. The summed E-state index contributed by atoms with van der Waals surface area (Å²) in [5.41, 5.74) is 11.6. The largest absolute Gasteiger partial charge is 0.292 e. The fraction of sp³-hybridized carbons (Fsp3) is 0. The van der Waals surface area contributed by atoms with Crippen LogP contribution in [0.5, 0.6) is 0 Å². The smallest absolute Gasteiger partial charge is 0.145 e. The maximum absolute atomic E-state index is 9.62. The number of aromatic nitrogens is 2. The number of imidazole rings is 1. The number of benzene rings is 8. The van der Waals surface area contributed by atoms with Gasteiger partial charge in [0.2, 0.25) is 0 Å². The average molecular weight is 624 g/mol. The lowest BCUT2D eigenvalue weighted by atomic mass is 9.83. The molecule has 0 saturated carbocycles. The van der Waals surface area contributed by atoms with E-state index in [4.69, 9.17) is 4.98 Å². The fourth-order valence-corrected chi connectivity index (χ4v) is 7.30. The van der Waals surface area contributed by atoms with Crippen LogP contribution in [0.15, 0.2) is 176 Å². The Bertz CT molecular complexity index is 2660. The molecule has 0 aliphatic rings. The van der Waals surface area contributed by atoms with E-state index in [1.165, 1.54) is 49.4 Å². The van der Waals surface area contributed by atoms with Crippen molar-refractivity contribution in [2.45, 2.75) is 0 Å². The predicted molar refractivity (Wildman–Crippen MR) is 203 cm³/mol. The highest BCUT2D eigenvalue weighted by Gasteiger charge is 2.20. The van der Waals surface area contributed by atoms with E-state index in [2.05, 4.69) is 150 Å². The normalized spacial score (nSPS) is 11.2. The summed E-state index contributed by atoms with van der Waals surface area (Å²) in [7, 11) is 0. The van der Waals surface area contributed by atoms with Crippen LogP contribution in [0, 0.1) is 11.3 Å². The third kappa shape index (κ3) is 4.78. The van der Waals surface area contributed by atoms with Crippen molar-refractivity contribution in [3.63, 3.8) is 0 Å². The molecule has 228 valence electrons. The van der Waals surface area contributed by atoms with Crippen LogP contribution in [-0.4, -0.2) is 9.55 Å². The highest BCUT2D eigenvalue weighted by Crippen LogP contribution is 2.46. The first kappa shape index (κ1) is 28.5. The zero-order valence-electron chi connectivity index (χ0n) is 26.6. The van der Waals surface area contributed by atoms with E-state index in [1.54, 1.807) is 0 Å². The topological polar surface area (TPSA) is 41.6 Å². The molecule has 1 aromatic heterocycles. The van der Waals surface area contributed by atoms with E-state index in [0.717, 1.165) is 33.7 Å². The summed E-state index contributed by atoms with van der Waals surface area (Å²) in [5.74, 6) is 0.833. The molecule has 0 saturated heterocycles. The molecule has 3 nitrogen and oxygen atoms in total. The summed E-state index contributed by atoms with van der Waals surface area (Å²) in [4.78, 5) is 5.13. The van der Waals surface area contributed by atoms with Crippen molar-refractivity contribution in [3.8, 4) is 56.5 Å². The minimum atomic E-state index is 0.595. The van der Waals surface area contributed by atoms with Crippen molar-refractivity contribution in [1.29, 1.82) is 5.26 Å². The number of hydrogen-bond acceptors (Lipinski definition) is 2. The molecule has 1 heterocycles. The first-order valence-corrected chi connectivity index (χ1v) is 16.5. The number of para-hydroxylation sites is 1. The summed E-state index contributed by atoms with van der Waals surface area (Å²) in [6, 6.07) is 64.0. The molecular weight excluding hydrogens is 595 g/mol. The van der Waals surface area contributed by atoms with E-state index in [-0.39, 0.29) is 0 Å². The van der Waals surface area contributed by atoms with E-state index in [9.17, 15) is 5.26 Å². The second kappa shape index (κ2) is 11.8. The Kier molecular flexibility index (Phi) is 6.85. The Balaban J connectivity index is 1.31. The van der Waals surface area contributed by atoms with Crippen molar-refractivity contribution in [3.05, 3.63) is 181 Å². The quantitative estimate of drug-likeness (QED) is 0.179. The van der Waals surface area contributed by atoms with Gasteiger partial charge in [-0.15, -0.1) is 0 Å². The van der Waals surface area contributed by atoms with Gasteiger partial charge in [-0.3, -0.25) is 4.57 Å². The van der Waals surface area contributed by atoms with Gasteiger partial charge < -0.3 is 0 Å². The Labute approximate surface area is 284 Å². The highest BCUT2D eigenvalue weighted by atomic mass is 15.1. The van der Waals surface area contributed by atoms with E-state index >= 15 is 0 Å². The van der Waals surface area contributed by atoms with Crippen LogP contribution in [0.4, 0.5) is 0 Å². The van der Waals surface area contributed by atoms with Gasteiger partial charge in [0.25, 0.3) is 0 Å². The number of fused-ring (bicyclic) bond motifs is 3. The summed E-state index contributed by atoms with van der Waals surface area (Å²) in [5, 5.41) is 14.5. The van der Waals surface area contributed by atoms with Gasteiger partial charge in [-0.2, -0.15) is 5.26 Å². The summed E-state index contributed by atoms with van der Waals surface area (Å²) in [6.45, 7) is 0. The van der Waals surface area contributed by atoms with Gasteiger partial charge >= 0.3 is 0 Å². The molecule has 0 amide bonds. The van der Waals surface area contributed by atoms with Gasteiger partial charge in [-0.1, -0.05) is 140 Å². The SMILES string of the molecule is N#Cc1ccc2c(c1)nc(-c1cccc(-c3c4ccccc4c(-c4ccccc4-c4ccccc4)c4ccccc34)c1)n2-c1ccccc1. The lowest BCUT2D eigenvalue weighted by Crippen LogP contribution is -1.98. The van der Waals surface area contributed by atoms with Crippen molar-refractivity contribution in [1.82, 2.24) is 9.55 Å². The monoisotopic (exact) mass is 623 g/mol. The highest BCUT2D eigenvalue weighted by molar-refractivity contribution is 6.22. The molecule has 9 aromatic rings. The molecule has 8 aromatic carbocycles. The lowest BCUT2D eigenvalue weighted by Gasteiger charge is -2.20. The van der Waals surface area contributed by atoms with E-state index in [1.807, 2.05) is 36.4 Å². The first-order valence-electron chi connectivity index (χ1n) is 16.5. The van der Waals surface area contributed by atoms with Crippen LogP contribution in [-0.2, 0) is 0 Å². The van der Waals surface area contributed by atoms with Crippen molar-refractivity contribution in [2.75, 3.05) is 0 Å². The molecule has 9 rings (SSSR count). The minimum absolute atomic E-state index is 0.595. The average Bonchev–Trinajstić information content (AvgIpc) is 3.56. The van der Waals surface area contributed by atoms with Crippen LogP contribution in [0.2, 0.25) is 0 Å². The zero-order chi connectivity index (χ0) is 32.7. The number of hydrogen-bond donors (Lipinski definition) is 0. The van der Waals surface area contributed by atoms with E-state index < -0.39 is 0 Å². The molecule has 0 aliphatic carbocycles. The summed E-state index contributed by atoms with van der Waals surface area (Å²) < 4.78 is 2.19. The molecule has 0 unspecified atom stereocenters. The van der Waals surface area contributed by atoms with Crippen molar-refractivity contribution >= 4 is 32.6 Å². The number of nitrogens with zero attached hydrogens (tertiary/aromatic N) is 3. The number of nitriles is 1. The molecule has 0 fully saturated rings. The fourth-order valence-electron chi connectivity index (χ4n) is 7.30. The number of rotatable bonds is 5. The van der Waals surface area contributed by atoms with Crippen LogP contribution >= 0.6 is 0 Å². The summed E-state index contributed by atoms with van der Waals surface area (Å²) >= 11 is 0. The molecular formula is C46H29N3. The van der Waals surface area contributed by atoms with Gasteiger partial charge in [0, 0.05) is 11.3 Å². The molecule has 0 bridgehead atoms. The third-order valence-corrected chi connectivity index (χ3v) is 9.42. The van der Waals surface area contributed by atoms with Gasteiger partial charge in [0.05, 0.1) is 22.7 Å². The Morgan fingerprint density at radius 1 is 0.449 bits per heavy atom. The molecule has 0 spiro atoms. The Morgan fingerprint density at radius 3 is 1.67 bits per heavy atom. The lowest BCUT2D eigenvalue weighted by molar-refractivity contribution is 1.10. The van der Waals surface area contributed by atoms with Crippen molar-refractivity contribution < 1.29 is 0 Å². The van der Waals surface area contributed by atoms with Crippen LogP contribution < -0.4 is 0 Å². The van der Waals surface area contributed by atoms with Crippen LogP contribution in [0.1, 0.15) is 5.56 Å². The Morgan fingerprint density at radius 2 is 1.00 bits per heavy atom. The van der Waals surface area contributed by atoms with Gasteiger partial charge in [-0.25, -0.2) is 4.98 Å². The molecule has 0 aliphatic heterocycles. The standard InChI is InChI=1S/C46H29N3/c47-30-31-26-27-43-42(28-31)48-46(49(43)35-18-5-2-6-19-35)34-17-13-16-33(29-34)44-38-22-9-11-24-40(38)45(41-25-12-10-23-39(41)44)37-21-8-7-20-36(37)32-14-3-1-4-15-32/h1-29H. The minimum Gasteiger partial charge on any atom is -0.292 e. The maximum Gasteiger partial charge on any atom is 0.145 e. The van der Waals surface area contributed by atoms with Crippen LogP contribution in [0.3, 0.4) is 0 Å². The third-order valence-electron chi connectivity index (χ3n) is 9.42. The second-order valence-corrected chi connectivity index (χ2v) is 12.3. The predicted octanol–water partition coefficient (Wildman–Crippen LogP) is 11.9. The van der Waals surface area contributed by atoms with Crippen LogP contribution in [0.25, 0.3) is 83.0 Å². The molecule has 3 heteroatoms. The second-order valence-electron chi connectivity index (χ2n) is 12.3. The molecule has 0 radical (unpaired) electrons. The molecule has 49 heavy (non-hydrogen) atoms. The maximum atomic E-state index is 9.62. The molecule has 0 atom stereocenters. The van der Waals surface area contributed by atoms with E-state index in [0.29, 0.717) is 5.56 Å². The molecule has 0 N–H and O–H groups in total. The van der Waals surface area contributed by atoms with Gasteiger partial charge in [0.15, 0.2) is 0 Å². The first-order chi connectivity index (χ1) is 24.3. The zero-order valence-corrected chi connectivity index (χ0v) is 26.6. The van der Waals surface area contributed by atoms with Crippen molar-refractivity contribution in [2.24, 2.45) is 0 Å². The van der Waals surface area contributed by atoms with Gasteiger partial charge in [-0.05, 0) is 91.3 Å². The van der Waals surface area contributed by atoms with Gasteiger partial charge in [0.1, 0.15) is 5.82 Å².